The molecule has 2 aromatic rings. The third-order valence-corrected chi connectivity index (χ3v) is 5.93. The Morgan fingerprint density at radius 2 is 1.73 bits per heavy atom. The normalized spacial score (nSPS) is 11.5. The number of rotatable bonds is 7. The van der Waals surface area contributed by atoms with Crippen molar-refractivity contribution in [2.24, 2.45) is 0 Å². The lowest BCUT2D eigenvalue weighted by Gasteiger charge is -2.08. The first-order valence-electron chi connectivity index (χ1n) is 7.17. The SMILES string of the molecule is Cc1ccc(S(=O)(=O)NCCSCc2ccccc2)cc1C. The van der Waals surface area contributed by atoms with E-state index >= 15 is 0 Å². The average molecular weight is 335 g/mol. The monoisotopic (exact) mass is 335 g/mol. The van der Waals surface area contributed by atoms with Gasteiger partial charge in [0.05, 0.1) is 4.90 Å². The second-order valence-corrected chi connectivity index (χ2v) is 8.05. The van der Waals surface area contributed by atoms with Crippen LogP contribution in [0.3, 0.4) is 0 Å². The zero-order valence-electron chi connectivity index (χ0n) is 12.9. The van der Waals surface area contributed by atoms with Gasteiger partial charge in [0.1, 0.15) is 0 Å². The maximum absolute atomic E-state index is 12.2. The predicted molar refractivity (Wildman–Crippen MR) is 93.7 cm³/mol. The van der Waals surface area contributed by atoms with Gasteiger partial charge in [-0.05, 0) is 42.7 Å². The minimum atomic E-state index is -3.41. The Morgan fingerprint density at radius 3 is 2.41 bits per heavy atom. The zero-order valence-corrected chi connectivity index (χ0v) is 14.5. The fourth-order valence-corrected chi connectivity index (χ4v) is 4.04. The lowest BCUT2D eigenvalue weighted by molar-refractivity contribution is 0.584. The molecule has 0 radical (unpaired) electrons. The summed E-state index contributed by atoms with van der Waals surface area (Å²) < 4.78 is 27.1. The van der Waals surface area contributed by atoms with Crippen LogP contribution in [0.2, 0.25) is 0 Å². The highest BCUT2D eigenvalue weighted by atomic mass is 32.2. The second kappa shape index (κ2) is 7.81. The highest BCUT2D eigenvalue weighted by Gasteiger charge is 2.13. The minimum absolute atomic E-state index is 0.337. The number of sulfonamides is 1. The van der Waals surface area contributed by atoms with Crippen LogP contribution in [0.5, 0.6) is 0 Å². The number of aryl methyl sites for hydroxylation is 2. The molecule has 2 aromatic carbocycles. The molecule has 0 aliphatic carbocycles. The maximum atomic E-state index is 12.2. The molecular formula is C17H21NO2S2. The van der Waals surface area contributed by atoms with Gasteiger partial charge >= 0.3 is 0 Å². The van der Waals surface area contributed by atoms with Crippen LogP contribution in [-0.4, -0.2) is 20.7 Å². The molecule has 0 unspecified atom stereocenters. The number of nitrogens with one attached hydrogen (secondary N) is 1. The number of hydrogen-bond acceptors (Lipinski definition) is 3. The van der Waals surface area contributed by atoms with Crippen LogP contribution in [0.1, 0.15) is 16.7 Å². The fourth-order valence-electron chi connectivity index (χ4n) is 1.98. The van der Waals surface area contributed by atoms with Crippen molar-refractivity contribution in [2.45, 2.75) is 24.5 Å². The largest absolute Gasteiger partial charge is 0.240 e. The van der Waals surface area contributed by atoms with Gasteiger partial charge in [-0.25, -0.2) is 13.1 Å². The quantitative estimate of drug-likeness (QED) is 0.788. The molecule has 0 saturated carbocycles. The van der Waals surface area contributed by atoms with E-state index in [1.807, 2.05) is 38.1 Å². The first-order chi connectivity index (χ1) is 10.5. The van der Waals surface area contributed by atoms with Gasteiger partial charge in [-0.15, -0.1) is 0 Å². The average Bonchev–Trinajstić information content (AvgIpc) is 2.50. The van der Waals surface area contributed by atoms with Crippen molar-refractivity contribution in [2.75, 3.05) is 12.3 Å². The maximum Gasteiger partial charge on any atom is 0.240 e. The summed E-state index contributed by atoms with van der Waals surface area (Å²) in [6, 6.07) is 15.4. The highest BCUT2D eigenvalue weighted by molar-refractivity contribution is 7.98. The van der Waals surface area contributed by atoms with Gasteiger partial charge in [0.15, 0.2) is 0 Å². The molecule has 3 nitrogen and oxygen atoms in total. The van der Waals surface area contributed by atoms with Crippen molar-refractivity contribution in [1.29, 1.82) is 0 Å². The van der Waals surface area contributed by atoms with E-state index < -0.39 is 10.0 Å². The fraction of sp³-hybridized carbons (Fsp3) is 0.294. The molecule has 0 amide bonds. The molecule has 0 fully saturated rings. The Labute approximate surface area is 137 Å². The molecule has 118 valence electrons. The molecule has 0 aliphatic heterocycles. The Morgan fingerprint density at radius 1 is 1.00 bits per heavy atom. The summed E-state index contributed by atoms with van der Waals surface area (Å²) in [7, 11) is -3.41. The van der Waals surface area contributed by atoms with Gasteiger partial charge < -0.3 is 0 Å². The summed E-state index contributed by atoms with van der Waals surface area (Å²) >= 11 is 1.72. The van der Waals surface area contributed by atoms with E-state index in [0.717, 1.165) is 22.6 Å². The van der Waals surface area contributed by atoms with Crippen molar-refractivity contribution in [3.8, 4) is 0 Å². The summed E-state index contributed by atoms with van der Waals surface area (Å²) in [5.74, 6) is 1.64. The van der Waals surface area contributed by atoms with E-state index in [0.29, 0.717) is 11.4 Å². The molecule has 0 atom stereocenters. The first-order valence-corrected chi connectivity index (χ1v) is 9.81. The van der Waals surface area contributed by atoms with E-state index in [1.54, 1.807) is 23.9 Å². The topological polar surface area (TPSA) is 46.2 Å². The van der Waals surface area contributed by atoms with Crippen molar-refractivity contribution >= 4 is 21.8 Å². The Bertz CT molecular complexity index is 713. The van der Waals surface area contributed by atoms with Crippen LogP contribution in [-0.2, 0) is 15.8 Å². The van der Waals surface area contributed by atoms with E-state index in [9.17, 15) is 8.42 Å². The molecule has 0 spiro atoms. The van der Waals surface area contributed by atoms with Crippen LogP contribution in [0.15, 0.2) is 53.4 Å². The standard InChI is InChI=1S/C17H21NO2S2/c1-14-8-9-17(12-15(14)2)22(19,20)18-10-11-21-13-16-6-4-3-5-7-16/h3-9,12,18H,10-11,13H2,1-2H3. The van der Waals surface area contributed by atoms with Gasteiger partial charge in [-0.3, -0.25) is 0 Å². The van der Waals surface area contributed by atoms with Crippen LogP contribution in [0.4, 0.5) is 0 Å². The Kier molecular flexibility index (Phi) is 6.06. The lowest BCUT2D eigenvalue weighted by Crippen LogP contribution is -2.26. The summed E-state index contributed by atoms with van der Waals surface area (Å²) in [5.41, 5.74) is 3.34. The van der Waals surface area contributed by atoms with Crippen molar-refractivity contribution in [3.05, 3.63) is 65.2 Å². The third kappa shape index (κ3) is 4.87. The van der Waals surface area contributed by atoms with E-state index in [-0.39, 0.29) is 0 Å². The van der Waals surface area contributed by atoms with Crippen LogP contribution in [0.25, 0.3) is 0 Å². The second-order valence-electron chi connectivity index (χ2n) is 5.18. The molecule has 0 bridgehead atoms. The molecule has 0 saturated heterocycles. The predicted octanol–water partition coefficient (Wildman–Crippen LogP) is 3.52. The number of benzene rings is 2. The lowest BCUT2D eigenvalue weighted by atomic mass is 10.1. The highest BCUT2D eigenvalue weighted by Crippen LogP contribution is 2.15. The van der Waals surface area contributed by atoms with Gasteiger partial charge in [0, 0.05) is 18.1 Å². The molecule has 22 heavy (non-hydrogen) atoms. The molecule has 5 heteroatoms. The van der Waals surface area contributed by atoms with Crippen molar-refractivity contribution in [1.82, 2.24) is 4.72 Å². The van der Waals surface area contributed by atoms with Crippen molar-refractivity contribution in [3.63, 3.8) is 0 Å². The summed E-state index contributed by atoms with van der Waals surface area (Å²) in [4.78, 5) is 0.337. The van der Waals surface area contributed by atoms with Crippen LogP contribution < -0.4 is 4.72 Å². The molecule has 0 heterocycles. The van der Waals surface area contributed by atoms with Gasteiger partial charge in [-0.1, -0.05) is 36.4 Å². The van der Waals surface area contributed by atoms with E-state index in [4.69, 9.17) is 0 Å². The van der Waals surface area contributed by atoms with Gasteiger partial charge in [0.25, 0.3) is 0 Å². The molecular weight excluding hydrogens is 314 g/mol. The van der Waals surface area contributed by atoms with Crippen molar-refractivity contribution < 1.29 is 8.42 Å². The first kappa shape index (κ1) is 17.1. The number of hydrogen-bond donors (Lipinski definition) is 1. The van der Waals surface area contributed by atoms with Crippen LogP contribution >= 0.6 is 11.8 Å². The summed E-state index contributed by atoms with van der Waals surface area (Å²) in [5, 5.41) is 0. The minimum Gasteiger partial charge on any atom is -0.210 e. The molecule has 2 rings (SSSR count). The smallest absolute Gasteiger partial charge is 0.210 e. The number of thioether (sulfide) groups is 1. The van der Waals surface area contributed by atoms with Gasteiger partial charge in [-0.2, -0.15) is 11.8 Å². The molecule has 1 N–H and O–H groups in total. The molecule has 0 aromatic heterocycles. The summed E-state index contributed by atoms with van der Waals surface area (Å²) in [6.45, 7) is 4.33. The van der Waals surface area contributed by atoms with E-state index in [2.05, 4.69) is 16.9 Å². The Balaban J connectivity index is 1.81. The van der Waals surface area contributed by atoms with E-state index in [1.165, 1.54) is 5.56 Å². The van der Waals surface area contributed by atoms with Gasteiger partial charge in [0.2, 0.25) is 10.0 Å². The van der Waals surface area contributed by atoms with Crippen LogP contribution in [0, 0.1) is 13.8 Å². The molecule has 0 aliphatic rings. The third-order valence-electron chi connectivity index (χ3n) is 3.44. The zero-order chi connectivity index (χ0) is 16.0. The Hall–Kier alpha value is -1.30. The summed E-state index contributed by atoms with van der Waals surface area (Å²) in [6.07, 6.45) is 0.